The molecule has 4 rings (SSSR count). The number of fused-ring (bicyclic) bond motifs is 1. The fourth-order valence-corrected chi connectivity index (χ4v) is 3.64. The number of imidazole rings is 1. The molecular formula is C20H21N3O3. The monoisotopic (exact) mass is 351 g/mol. The third-order valence-electron chi connectivity index (χ3n) is 5.01. The Bertz CT molecular complexity index is 962. The van der Waals surface area contributed by atoms with Crippen molar-refractivity contribution in [3.05, 3.63) is 65.0 Å². The molecule has 0 radical (unpaired) electrons. The second-order valence-electron chi connectivity index (χ2n) is 6.71. The number of carbonyl (C=O) groups is 1. The second-order valence-corrected chi connectivity index (χ2v) is 6.71. The van der Waals surface area contributed by atoms with E-state index in [1.165, 1.54) is 6.07 Å². The highest BCUT2D eigenvalue weighted by Crippen LogP contribution is 2.23. The fraction of sp³-hybridized carbons (Fsp3) is 0.350. The van der Waals surface area contributed by atoms with Crippen LogP contribution in [-0.2, 0) is 6.54 Å². The quantitative estimate of drug-likeness (QED) is 0.724. The summed E-state index contributed by atoms with van der Waals surface area (Å²) < 4.78 is 7.77. The molecule has 0 bridgehead atoms. The van der Waals surface area contributed by atoms with Gasteiger partial charge in [-0.2, -0.15) is 0 Å². The molecule has 1 aromatic carbocycles. The number of aromatic nitrogens is 2. The number of carbonyl (C=O) groups excluding carboxylic acids is 1. The van der Waals surface area contributed by atoms with Gasteiger partial charge in [-0.25, -0.2) is 4.98 Å². The third kappa shape index (κ3) is 3.27. The average Bonchev–Trinajstić information content (AvgIpc) is 3.20. The van der Waals surface area contributed by atoms with Gasteiger partial charge in [-0.15, -0.1) is 0 Å². The second kappa shape index (κ2) is 7.15. The number of hydrogen-bond donors (Lipinski definition) is 0. The van der Waals surface area contributed by atoms with Gasteiger partial charge in [0.1, 0.15) is 5.58 Å². The molecule has 1 aliphatic heterocycles. The Kier molecular flexibility index (Phi) is 4.56. The maximum atomic E-state index is 13.0. The molecule has 1 fully saturated rings. The molecule has 3 heterocycles. The first-order chi connectivity index (χ1) is 12.7. The van der Waals surface area contributed by atoms with Gasteiger partial charge in [-0.3, -0.25) is 9.59 Å². The summed E-state index contributed by atoms with van der Waals surface area (Å²) in [6.45, 7) is 1.51. The molecule has 1 aliphatic rings. The number of likely N-dealkylation sites (tertiary alicyclic amines) is 1. The highest BCUT2D eigenvalue weighted by atomic mass is 16.3. The lowest BCUT2D eigenvalue weighted by atomic mass is 9.98. The maximum absolute atomic E-state index is 13.0. The molecule has 0 saturated carbocycles. The largest absolute Gasteiger partial charge is 0.451 e. The van der Waals surface area contributed by atoms with Gasteiger partial charge in [0.2, 0.25) is 0 Å². The van der Waals surface area contributed by atoms with Crippen LogP contribution >= 0.6 is 0 Å². The number of amides is 1. The number of aryl methyl sites for hydroxylation is 1. The summed E-state index contributed by atoms with van der Waals surface area (Å²) in [5, 5.41) is 0.499. The van der Waals surface area contributed by atoms with E-state index in [-0.39, 0.29) is 23.1 Å². The van der Waals surface area contributed by atoms with Crippen molar-refractivity contribution >= 4 is 16.9 Å². The zero-order valence-electron chi connectivity index (χ0n) is 14.5. The van der Waals surface area contributed by atoms with Crippen LogP contribution in [0.4, 0.5) is 0 Å². The van der Waals surface area contributed by atoms with Gasteiger partial charge in [0.15, 0.2) is 11.2 Å². The summed E-state index contributed by atoms with van der Waals surface area (Å²) in [7, 11) is 0. The van der Waals surface area contributed by atoms with Crippen LogP contribution in [0.5, 0.6) is 0 Å². The van der Waals surface area contributed by atoms with Gasteiger partial charge in [-0.1, -0.05) is 12.1 Å². The smallest absolute Gasteiger partial charge is 0.289 e. The molecule has 3 aromatic rings. The van der Waals surface area contributed by atoms with Gasteiger partial charge < -0.3 is 13.9 Å². The molecule has 1 amide bonds. The van der Waals surface area contributed by atoms with Gasteiger partial charge >= 0.3 is 0 Å². The first-order valence-electron chi connectivity index (χ1n) is 9.02. The van der Waals surface area contributed by atoms with Gasteiger partial charge in [0.05, 0.1) is 11.7 Å². The summed E-state index contributed by atoms with van der Waals surface area (Å²) in [4.78, 5) is 31.3. The van der Waals surface area contributed by atoms with Gasteiger partial charge in [0, 0.05) is 37.6 Å². The lowest BCUT2D eigenvalue weighted by Gasteiger charge is -2.35. The minimum Gasteiger partial charge on any atom is -0.451 e. The zero-order chi connectivity index (χ0) is 17.9. The van der Waals surface area contributed by atoms with E-state index in [1.54, 1.807) is 36.8 Å². The van der Waals surface area contributed by atoms with Crippen molar-refractivity contribution in [3.63, 3.8) is 0 Å². The van der Waals surface area contributed by atoms with Crippen molar-refractivity contribution in [1.29, 1.82) is 0 Å². The van der Waals surface area contributed by atoms with Crippen molar-refractivity contribution in [3.8, 4) is 0 Å². The molecule has 6 heteroatoms. The maximum Gasteiger partial charge on any atom is 0.289 e. The van der Waals surface area contributed by atoms with Crippen LogP contribution in [0.1, 0.15) is 36.2 Å². The van der Waals surface area contributed by atoms with Crippen LogP contribution in [0.2, 0.25) is 0 Å². The number of para-hydroxylation sites is 1. The van der Waals surface area contributed by atoms with E-state index in [0.717, 1.165) is 32.2 Å². The molecule has 0 aliphatic carbocycles. The predicted octanol–water partition coefficient (Wildman–Crippen LogP) is 3.07. The first kappa shape index (κ1) is 16.6. The van der Waals surface area contributed by atoms with E-state index < -0.39 is 0 Å². The van der Waals surface area contributed by atoms with E-state index in [1.807, 2.05) is 15.7 Å². The zero-order valence-corrected chi connectivity index (χ0v) is 14.5. The standard InChI is InChI=1S/C20H21N3O3/c24-17-13-19(26-18-7-2-1-6-16(17)18)20(25)23-10-4-3-5-15(23)8-11-22-12-9-21-14-22/h1-2,6-7,9,12-15H,3-5,8,10-11H2. The Morgan fingerprint density at radius 1 is 1.27 bits per heavy atom. The number of piperidine rings is 1. The molecule has 6 nitrogen and oxygen atoms in total. The van der Waals surface area contributed by atoms with E-state index >= 15 is 0 Å². The highest BCUT2D eigenvalue weighted by molar-refractivity contribution is 5.93. The fourth-order valence-electron chi connectivity index (χ4n) is 3.64. The molecule has 0 N–H and O–H groups in total. The lowest BCUT2D eigenvalue weighted by molar-refractivity contribution is 0.0563. The van der Waals surface area contributed by atoms with Crippen molar-refractivity contribution in [1.82, 2.24) is 14.5 Å². The number of benzene rings is 1. The van der Waals surface area contributed by atoms with Crippen molar-refractivity contribution in [2.75, 3.05) is 6.54 Å². The summed E-state index contributed by atoms with van der Waals surface area (Å²) >= 11 is 0. The summed E-state index contributed by atoms with van der Waals surface area (Å²) in [5.74, 6) is -0.0635. The van der Waals surface area contributed by atoms with Crippen LogP contribution < -0.4 is 5.43 Å². The minimum atomic E-state index is -0.191. The Morgan fingerprint density at radius 2 is 2.15 bits per heavy atom. The van der Waals surface area contributed by atoms with Crippen molar-refractivity contribution < 1.29 is 9.21 Å². The Morgan fingerprint density at radius 3 is 3.00 bits per heavy atom. The van der Waals surface area contributed by atoms with E-state index in [2.05, 4.69) is 4.98 Å². The van der Waals surface area contributed by atoms with Crippen LogP contribution in [0.3, 0.4) is 0 Å². The lowest BCUT2D eigenvalue weighted by Crippen LogP contribution is -2.44. The van der Waals surface area contributed by atoms with Gasteiger partial charge in [0.25, 0.3) is 5.91 Å². The van der Waals surface area contributed by atoms with E-state index in [0.29, 0.717) is 17.5 Å². The number of rotatable bonds is 4. The molecular weight excluding hydrogens is 330 g/mol. The van der Waals surface area contributed by atoms with Gasteiger partial charge in [-0.05, 0) is 37.8 Å². The van der Waals surface area contributed by atoms with Crippen LogP contribution in [0, 0.1) is 0 Å². The molecule has 0 spiro atoms. The predicted molar refractivity (Wildman–Crippen MR) is 98.0 cm³/mol. The SMILES string of the molecule is O=C(c1cc(=O)c2ccccc2o1)N1CCCCC1CCn1ccnc1. The molecule has 26 heavy (non-hydrogen) atoms. The van der Waals surface area contributed by atoms with Crippen LogP contribution in [0.25, 0.3) is 11.0 Å². The number of hydrogen-bond acceptors (Lipinski definition) is 4. The van der Waals surface area contributed by atoms with E-state index in [4.69, 9.17) is 4.42 Å². The molecule has 1 unspecified atom stereocenters. The summed E-state index contributed by atoms with van der Waals surface area (Å²) in [6.07, 6.45) is 9.39. The average molecular weight is 351 g/mol. The normalized spacial score (nSPS) is 17.5. The Balaban J connectivity index is 1.57. The summed E-state index contributed by atoms with van der Waals surface area (Å²) in [6, 6.07) is 8.50. The summed E-state index contributed by atoms with van der Waals surface area (Å²) in [5.41, 5.74) is 0.275. The minimum absolute atomic E-state index is 0.128. The topological polar surface area (TPSA) is 68.3 Å². The Labute approximate surface area is 151 Å². The third-order valence-corrected chi connectivity index (χ3v) is 5.01. The molecule has 2 aromatic heterocycles. The van der Waals surface area contributed by atoms with Crippen molar-refractivity contribution in [2.24, 2.45) is 0 Å². The van der Waals surface area contributed by atoms with Crippen LogP contribution in [0.15, 0.2) is 58.3 Å². The molecule has 1 saturated heterocycles. The van der Waals surface area contributed by atoms with Crippen molar-refractivity contribution in [2.45, 2.75) is 38.3 Å². The van der Waals surface area contributed by atoms with E-state index in [9.17, 15) is 9.59 Å². The first-order valence-corrected chi connectivity index (χ1v) is 9.02. The highest BCUT2D eigenvalue weighted by Gasteiger charge is 2.29. The molecule has 1 atom stereocenters. The molecule has 134 valence electrons. The Hall–Kier alpha value is -2.89. The van der Waals surface area contributed by atoms with Crippen LogP contribution in [-0.4, -0.2) is 32.9 Å². The number of nitrogens with zero attached hydrogens (tertiary/aromatic N) is 3.